The van der Waals surface area contributed by atoms with Crippen LogP contribution in [0.15, 0.2) is 340 Å². The van der Waals surface area contributed by atoms with Gasteiger partial charge in [-0.1, -0.05) is 192 Å². The summed E-state index contributed by atoms with van der Waals surface area (Å²) in [6.07, 6.45) is 12.7. The average molecular weight is 1410 g/mol. The molecule has 0 unspecified atom stereocenters. The Morgan fingerprint density at radius 1 is 0.277 bits per heavy atom. The number of halogens is 2. The first-order chi connectivity index (χ1) is 45.1. The Bertz CT molecular complexity index is 4360. The van der Waals surface area contributed by atoms with Gasteiger partial charge in [-0.3, -0.25) is 12.2 Å². The third-order valence-corrected chi connectivity index (χ3v) is 19.2. The molecule has 0 radical (unpaired) electrons. The van der Waals surface area contributed by atoms with Crippen molar-refractivity contribution in [3.05, 3.63) is 419 Å². The molecule has 0 atom stereocenters. The molecule has 0 aliphatic heterocycles. The van der Waals surface area contributed by atoms with Crippen molar-refractivity contribution in [2.75, 3.05) is 0 Å². The summed E-state index contributed by atoms with van der Waals surface area (Å²) in [5.41, 5.74) is 21.1. The van der Waals surface area contributed by atoms with Crippen molar-refractivity contribution in [1.29, 1.82) is 0 Å². The minimum atomic E-state index is 0. The molecular formula is C90H72Cl2Zr2-2. The van der Waals surface area contributed by atoms with E-state index in [0.717, 1.165) is 12.8 Å². The van der Waals surface area contributed by atoms with Crippen LogP contribution in [0.25, 0.3) is 65.4 Å². The molecule has 0 aromatic heterocycles. The molecule has 0 bridgehead atoms. The third kappa shape index (κ3) is 18.4. The van der Waals surface area contributed by atoms with Gasteiger partial charge in [0.1, 0.15) is 0 Å². The number of aryl methyl sites for hydroxylation is 4. The zero-order chi connectivity index (χ0) is 63.4. The summed E-state index contributed by atoms with van der Waals surface area (Å²) in [5.74, 6) is 0. The Morgan fingerprint density at radius 3 is 0.723 bits per heavy atom. The van der Waals surface area contributed by atoms with Crippen LogP contribution < -0.4 is 24.8 Å². The van der Waals surface area contributed by atoms with E-state index in [9.17, 15) is 0 Å². The number of rotatable bonds is 8. The van der Waals surface area contributed by atoms with Crippen LogP contribution in [0.5, 0.6) is 0 Å². The Balaban J connectivity index is 0.000000132. The van der Waals surface area contributed by atoms with E-state index in [1.54, 1.807) is 0 Å². The fourth-order valence-corrected chi connectivity index (χ4v) is 13.3. The fraction of sp³-hybridized carbons (Fsp3) is 0.0667. The third-order valence-electron chi connectivity index (χ3n) is 16.4. The van der Waals surface area contributed by atoms with E-state index >= 15 is 0 Å². The summed E-state index contributed by atoms with van der Waals surface area (Å²) in [6, 6.07) is 116. The summed E-state index contributed by atoms with van der Waals surface area (Å²) in [5, 5.41) is 10.9. The standard InChI is InChI=1S/2C17H13.2C15H13.2C13H10.2ClH.2Zr/c2*1-3-8-14(9-4-1)16-12-7-13-17(16)15-10-5-2-6-11-15;2*1-10-3-5-14-12(7-10)9-13-8-11(2)4-6-15(13)14;2*1-3-7-12(8-4-1)11-13-9-5-2-6-10-13;;;;/h2*1-6,8-12H,13H2;2*3-9H,1-2H3;2*1-10H;2*1H;;/q4*-1;;;;;2*+2/p-2. The molecule has 94 heavy (non-hydrogen) atoms. The summed E-state index contributed by atoms with van der Waals surface area (Å²) in [7, 11) is 0. The maximum atomic E-state index is 3.32. The second-order valence-electron chi connectivity index (χ2n) is 23.2. The molecule has 0 saturated heterocycles. The topological polar surface area (TPSA) is 0 Å². The fourth-order valence-electron chi connectivity index (χ4n) is 11.7. The second-order valence-corrected chi connectivity index (χ2v) is 25.6. The zero-order valence-electron chi connectivity index (χ0n) is 53.5. The van der Waals surface area contributed by atoms with Gasteiger partial charge >= 0.3 is 198 Å². The van der Waals surface area contributed by atoms with Crippen molar-refractivity contribution in [2.24, 2.45) is 0 Å². The van der Waals surface area contributed by atoms with Gasteiger partial charge in [-0.05, 0) is 38.8 Å². The molecule has 0 N–H and O–H groups in total. The molecule has 0 spiro atoms. The summed E-state index contributed by atoms with van der Waals surface area (Å²) in [6.45, 7) is 8.56. The molecule has 0 saturated carbocycles. The molecule has 0 amide bonds. The van der Waals surface area contributed by atoms with Crippen LogP contribution in [0.1, 0.15) is 79.6 Å². The number of benzene rings is 12. The Morgan fingerprint density at radius 2 is 0.489 bits per heavy atom. The van der Waals surface area contributed by atoms with Gasteiger partial charge < -0.3 is 24.8 Å². The van der Waals surface area contributed by atoms with E-state index in [4.69, 9.17) is 0 Å². The molecule has 0 heterocycles. The van der Waals surface area contributed by atoms with E-state index in [2.05, 4.69) is 380 Å². The van der Waals surface area contributed by atoms with Gasteiger partial charge in [0.05, 0.1) is 0 Å². The van der Waals surface area contributed by atoms with E-state index in [0.29, 0.717) is 0 Å². The quantitative estimate of drug-likeness (QED) is 0.133. The zero-order valence-corrected chi connectivity index (χ0v) is 59.9. The normalized spacial score (nSPS) is 11.7. The van der Waals surface area contributed by atoms with Crippen LogP contribution in [0, 0.1) is 39.8 Å². The summed E-state index contributed by atoms with van der Waals surface area (Å²) >= 11 is 2.92. The Hall–Kier alpha value is -8.57. The molecule has 456 valence electrons. The molecule has 2 aliphatic carbocycles. The number of allylic oxidation sites excluding steroid dienone is 8. The molecule has 0 fully saturated rings. The molecule has 0 nitrogen and oxygen atoms in total. The van der Waals surface area contributed by atoms with Gasteiger partial charge in [0.2, 0.25) is 0 Å². The van der Waals surface area contributed by atoms with Crippen LogP contribution >= 0.6 is 0 Å². The van der Waals surface area contributed by atoms with Gasteiger partial charge in [-0.25, -0.2) is 12.2 Å². The van der Waals surface area contributed by atoms with Gasteiger partial charge in [-0.2, -0.15) is 11.1 Å². The van der Waals surface area contributed by atoms with Gasteiger partial charge in [0.25, 0.3) is 0 Å². The number of fused-ring (bicyclic) bond motifs is 6. The van der Waals surface area contributed by atoms with Crippen molar-refractivity contribution in [3.63, 3.8) is 0 Å². The molecular weight excluding hydrogens is 1330 g/mol. The van der Waals surface area contributed by atoms with Crippen LogP contribution in [0.2, 0.25) is 0 Å². The van der Waals surface area contributed by atoms with Crippen molar-refractivity contribution in [2.45, 2.75) is 40.5 Å². The van der Waals surface area contributed by atoms with E-state index in [1.165, 1.54) is 187 Å². The van der Waals surface area contributed by atoms with E-state index in [-0.39, 0.29) is 24.8 Å². The molecule has 4 heteroatoms. The predicted molar refractivity (Wildman–Crippen MR) is 389 cm³/mol. The van der Waals surface area contributed by atoms with Gasteiger partial charge in [0.15, 0.2) is 0 Å². The predicted octanol–water partition coefficient (Wildman–Crippen LogP) is 17.0. The average Bonchev–Trinajstić information content (AvgIpc) is 1.66. The van der Waals surface area contributed by atoms with Gasteiger partial charge in [-0.15, -0.1) is 115 Å². The van der Waals surface area contributed by atoms with Crippen molar-refractivity contribution < 1.29 is 73.3 Å². The van der Waals surface area contributed by atoms with Crippen LogP contribution in [0.4, 0.5) is 0 Å². The summed E-state index contributed by atoms with van der Waals surface area (Å²) in [4.78, 5) is 0. The van der Waals surface area contributed by atoms with Crippen molar-refractivity contribution in [3.8, 4) is 0 Å². The van der Waals surface area contributed by atoms with Crippen LogP contribution in [-0.4, -0.2) is 6.41 Å². The molecule has 14 aromatic rings. The maximum absolute atomic E-state index is 3.32. The van der Waals surface area contributed by atoms with E-state index in [1.807, 2.05) is 0 Å². The minimum absolute atomic E-state index is 0. The van der Waals surface area contributed by atoms with Gasteiger partial charge in [0, 0.05) is 0 Å². The van der Waals surface area contributed by atoms with Crippen LogP contribution in [0.3, 0.4) is 0 Å². The first-order valence-corrected chi connectivity index (χ1v) is 33.9. The van der Waals surface area contributed by atoms with Crippen molar-refractivity contribution in [1.82, 2.24) is 0 Å². The molecule has 14 aromatic carbocycles. The first-order valence-electron chi connectivity index (χ1n) is 31.5. The molecule has 16 rings (SSSR count). The first kappa shape index (κ1) is 69.8. The number of hydrogen-bond donors (Lipinski definition) is 0. The monoisotopic (exact) mass is 1400 g/mol. The summed E-state index contributed by atoms with van der Waals surface area (Å²) < 4.78 is 2.83. The molecule has 2 aliphatic rings. The Labute approximate surface area is 598 Å². The van der Waals surface area contributed by atoms with Crippen LogP contribution in [-0.2, 0) is 48.5 Å². The Kier molecular flexibility index (Phi) is 26.0. The second kappa shape index (κ2) is 35.1. The number of hydrogen-bond acceptors (Lipinski definition) is 0. The van der Waals surface area contributed by atoms with Crippen molar-refractivity contribution >= 4 is 71.8 Å². The SMILES string of the molecule is Cc1ccc2c(c1)[cH-]c1cc(C)ccc12.Cc1ccc2c(c1)[cH-]c1cc(C)ccc12.[C-]1=CC(c2ccccc2)=C(c2ccccc2)C1.[C-]1=CC(c2ccccc2)=C(c2ccccc2)C1.[Cl-].[Cl-].[Zr+2]=[C](c1ccccc1)c1ccccc1.[Zr+2]=[C](c1ccccc1)c1ccccc1. The van der Waals surface area contributed by atoms with E-state index < -0.39 is 0 Å².